The molecule has 96 valence electrons. The van der Waals surface area contributed by atoms with Crippen molar-refractivity contribution in [2.24, 2.45) is 9.98 Å². The number of ketones is 1. The van der Waals surface area contributed by atoms with Gasteiger partial charge in [-0.2, -0.15) is 0 Å². The Hall–Kier alpha value is -1.97. The number of para-hydroxylation sites is 1. The lowest BCUT2D eigenvalue weighted by Gasteiger charge is -1.97. The second-order valence-corrected chi connectivity index (χ2v) is 4.09. The molecule has 0 aliphatic carbocycles. The van der Waals surface area contributed by atoms with Gasteiger partial charge in [-0.25, -0.2) is 0 Å². The summed E-state index contributed by atoms with van der Waals surface area (Å²) >= 11 is 0. The molecule has 0 spiro atoms. The first-order chi connectivity index (χ1) is 8.59. The van der Waals surface area contributed by atoms with Crippen molar-refractivity contribution in [2.75, 3.05) is 13.1 Å². The summed E-state index contributed by atoms with van der Waals surface area (Å²) < 4.78 is 0. The van der Waals surface area contributed by atoms with E-state index in [0.29, 0.717) is 25.1 Å². The Balaban J connectivity index is 2.38. The number of hydrogen-bond acceptors (Lipinski definition) is 4. The van der Waals surface area contributed by atoms with Gasteiger partial charge in [0.25, 0.3) is 0 Å². The summed E-state index contributed by atoms with van der Waals surface area (Å²) in [6.45, 7) is 4.50. The van der Waals surface area contributed by atoms with E-state index in [0.717, 1.165) is 5.71 Å². The van der Waals surface area contributed by atoms with Gasteiger partial charge < -0.3 is 5.11 Å². The first kappa shape index (κ1) is 14.1. The van der Waals surface area contributed by atoms with E-state index in [4.69, 9.17) is 0 Å². The van der Waals surface area contributed by atoms with E-state index in [2.05, 4.69) is 9.98 Å². The molecular weight excluding hydrogens is 228 g/mol. The van der Waals surface area contributed by atoms with Gasteiger partial charge in [0.05, 0.1) is 13.1 Å². The summed E-state index contributed by atoms with van der Waals surface area (Å²) in [6, 6.07) is 7.03. The third kappa shape index (κ3) is 5.39. The van der Waals surface area contributed by atoms with E-state index in [1.807, 2.05) is 13.0 Å². The third-order valence-corrected chi connectivity index (χ3v) is 2.28. The summed E-state index contributed by atoms with van der Waals surface area (Å²) in [7, 11) is 0. The van der Waals surface area contributed by atoms with Crippen molar-refractivity contribution in [1.29, 1.82) is 0 Å². The summed E-state index contributed by atoms with van der Waals surface area (Å²) in [4.78, 5) is 19.2. The van der Waals surface area contributed by atoms with Gasteiger partial charge in [-0.3, -0.25) is 14.8 Å². The Labute approximate surface area is 107 Å². The van der Waals surface area contributed by atoms with Gasteiger partial charge in [0.15, 0.2) is 0 Å². The highest BCUT2D eigenvalue weighted by Crippen LogP contribution is 2.12. The van der Waals surface area contributed by atoms with Gasteiger partial charge in [-0.05, 0) is 26.0 Å². The molecule has 0 aromatic heterocycles. The zero-order chi connectivity index (χ0) is 13.4. The smallest absolute Gasteiger partial charge is 0.135 e. The molecule has 1 aromatic rings. The highest BCUT2D eigenvalue weighted by atomic mass is 16.3. The van der Waals surface area contributed by atoms with Crippen molar-refractivity contribution in [3.63, 3.8) is 0 Å². The van der Waals surface area contributed by atoms with E-state index in [-0.39, 0.29) is 11.5 Å². The Morgan fingerprint density at radius 2 is 2.00 bits per heavy atom. The van der Waals surface area contributed by atoms with Crippen molar-refractivity contribution in [2.45, 2.75) is 20.3 Å². The summed E-state index contributed by atoms with van der Waals surface area (Å²) in [6.07, 6.45) is 2.04. The van der Waals surface area contributed by atoms with Crippen LogP contribution in [0.25, 0.3) is 0 Å². The lowest BCUT2D eigenvalue weighted by Crippen LogP contribution is -2.02. The number of phenols is 1. The maximum Gasteiger partial charge on any atom is 0.135 e. The number of nitrogens with zero attached hydrogens (tertiary/aromatic N) is 2. The third-order valence-electron chi connectivity index (χ3n) is 2.28. The second-order valence-electron chi connectivity index (χ2n) is 4.09. The lowest BCUT2D eigenvalue weighted by molar-refractivity contribution is -0.115. The topological polar surface area (TPSA) is 62.0 Å². The zero-order valence-electron chi connectivity index (χ0n) is 10.8. The molecule has 1 rings (SSSR count). The van der Waals surface area contributed by atoms with Crippen LogP contribution in [0, 0.1) is 0 Å². The summed E-state index contributed by atoms with van der Waals surface area (Å²) in [5.41, 5.74) is 1.53. The van der Waals surface area contributed by atoms with Crippen molar-refractivity contribution < 1.29 is 9.90 Å². The maximum atomic E-state index is 10.8. The minimum atomic E-state index is 0.119. The molecule has 0 fully saturated rings. The number of hydrogen-bond donors (Lipinski definition) is 1. The Bertz CT molecular complexity index is 465. The molecular formula is C14H18N2O2. The molecule has 0 heterocycles. The van der Waals surface area contributed by atoms with Crippen LogP contribution in [-0.4, -0.2) is 35.9 Å². The van der Waals surface area contributed by atoms with Crippen LogP contribution in [-0.2, 0) is 4.79 Å². The molecule has 4 nitrogen and oxygen atoms in total. The fourth-order valence-corrected chi connectivity index (χ4v) is 1.47. The molecule has 4 heteroatoms. The molecule has 0 amide bonds. The van der Waals surface area contributed by atoms with E-state index < -0.39 is 0 Å². The molecule has 0 saturated carbocycles. The Kier molecular flexibility index (Phi) is 5.77. The Morgan fingerprint density at radius 3 is 2.67 bits per heavy atom. The van der Waals surface area contributed by atoms with Gasteiger partial charge in [-0.1, -0.05) is 12.1 Å². The average Bonchev–Trinajstić information content (AvgIpc) is 2.30. The lowest BCUT2D eigenvalue weighted by atomic mass is 10.2. The van der Waals surface area contributed by atoms with Crippen LogP contribution in [0.3, 0.4) is 0 Å². The molecule has 1 aromatic carbocycles. The van der Waals surface area contributed by atoms with Gasteiger partial charge >= 0.3 is 0 Å². The van der Waals surface area contributed by atoms with Crippen molar-refractivity contribution in [3.05, 3.63) is 29.8 Å². The van der Waals surface area contributed by atoms with Crippen LogP contribution in [0.5, 0.6) is 5.75 Å². The standard InChI is InChI=1S/C14H18N2O2/c1-11(9-12(2)17)16-8-7-15-10-13-5-3-4-6-14(13)18/h3-6,10,18H,7-9H2,1-2H3/b15-10+,16-11-. The fraction of sp³-hybridized carbons (Fsp3) is 0.357. The number of aliphatic imine (C=N–C) groups is 2. The van der Waals surface area contributed by atoms with Crippen molar-refractivity contribution in [1.82, 2.24) is 0 Å². The Morgan fingerprint density at radius 1 is 1.28 bits per heavy atom. The highest BCUT2D eigenvalue weighted by molar-refractivity contribution is 5.99. The molecule has 0 atom stereocenters. The van der Waals surface area contributed by atoms with Crippen LogP contribution >= 0.6 is 0 Å². The normalized spacial score (nSPS) is 12.0. The largest absolute Gasteiger partial charge is 0.507 e. The van der Waals surface area contributed by atoms with Crippen LogP contribution in [0.15, 0.2) is 34.3 Å². The second kappa shape index (κ2) is 7.37. The molecule has 0 aliphatic heterocycles. The van der Waals surface area contributed by atoms with Crippen LogP contribution in [0.2, 0.25) is 0 Å². The molecule has 0 aliphatic rings. The number of benzene rings is 1. The minimum Gasteiger partial charge on any atom is -0.507 e. The first-order valence-electron chi connectivity index (χ1n) is 5.87. The molecule has 0 bridgehead atoms. The molecule has 0 radical (unpaired) electrons. The summed E-state index contributed by atoms with van der Waals surface area (Å²) in [5.74, 6) is 0.339. The predicted octanol–water partition coefficient (Wildman–Crippen LogP) is 2.25. The number of rotatable bonds is 6. The summed E-state index contributed by atoms with van der Waals surface area (Å²) in [5, 5.41) is 9.50. The van der Waals surface area contributed by atoms with Gasteiger partial charge in [0.2, 0.25) is 0 Å². The molecule has 1 N–H and O–H groups in total. The van der Waals surface area contributed by atoms with Crippen molar-refractivity contribution in [3.8, 4) is 5.75 Å². The van der Waals surface area contributed by atoms with E-state index in [9.17, 15) is 9.90 Å². The fourth-order valence-electron chi connectivity index (χ4n) is 1.47. The molecule has 0 unspecified atom stereocenters. The van der Waals surface area contributed by atoms with E-state index in [1.165, 1.54) is 0 Å². The highest BCUT2D eigenvalue weighted by Gasteiger charge is 1.96. The van der Waals surface area contributed by atoms with Gasteiger partial charge in [-0.15, -0.1) is 0 Å². The van der Waals surface area contributed by atoms with E-state index >= 15 is 0 Å². The van der Waals surface area contributed by atoms with Crippen LogP contribution in [0.1, 0.15) is 25.8 Å². The number of Topliss-reactive ketones (excluding diaryl/α,β-unsaturated/α-hetero) is 1. The van der Waals surface area contributed by atoms with Crippen molar-refractivity contribution >= 4 is 17.7 Å². The van der Waals surface area contributed by atoms with E-state index in [1.54, 1.807) is 31.3 Å². The predicted molar refractivity (Wildman–Crippen MR) is 73.8 cm³/mol. The van der Waals surface area contributed by atoms with Crippen LogP contribution in [0.4, 0.5) is 0 Å². The zero-order valence-corrected chi connectivity index (χ0v) is 10.8. The van der Waals surface area contributed by atoms with Gasteiger partial charge in [0.1, 0.15) is 11.5 Å². The molecule has 18 heavy (non-hydrogen) atoms. The van der Waals surface area contributed by atoms with Gasteiger partial charge in [0, 0.05) is 23.9 Å². The monoisotopic (exact) mass is 246 g/mol. The number of phenolic OH excluding ortho intramolecular Hbond substituents is 1. The first-order valence-corrected chi connectivity index (χ1v) is 5.87. The SMILES string of the molecule is CC(=O)C/C(C)=N\CC/N=C/c1ccccc1O. The number of aromatic hydroxyl groups is 1. The maximum absolute atomic E-state index is 10.8. The number of carbonyl (C=O) groups is 1. The van der Waals surface area contributed by atoms with Crippen LogP contribution < -0.4 is 0 Å². The molecule has 0 saturated heterocycles. The minimum absolute atomic E-state index is 0.119. The quantitative estimate of drug-likeness (QED) is 0.618. The number of carbonyl (C=O) groups excluding carboxylic acids is 1. The average molecular weight is 246 g/mol.